The zero-order valence-electron chi connectivity index (χ0n) is 20.9. The quantitative estimate of drug-likeness (QED) is 0.284. The Bertz CT molecular complexity index is 338. The molecule has 0 saturated heterocycles. The first-order valence-electron chi connectivity index (χ1n) is 10.8. The molecule has 0 N–H and O–H groups in total. The average Bonchev–Trinajstić information content (AvgIpc) is 2.47. The largest absolute Gasteiger partial charge is 3.00 e. The zero-order chi connectivity index (χ0) is 21.2. The molecule has 0 heterocycles. The molecule has 0 spiro atoms. The van der Waals surface area contributed by atoms with E-state index in [1.165, 1.54) is 18.1 Å². The van der Waals surface area contributed by atoms with E-state index in [4.69, 9.17) is 9.63 Å². The molecule has 0 radical (unpaired) electrons. The van der Waals surface area contributed by atoms with Gasteiger partial charge in [0.2, 0.25) is 0 Å². The molecule has 0 fully saturated rings. The molecule has 0 rings (SSSR count). The van der Waals surface area contributed by atoms with Crippen LogP contribution in [0.25, 0.3) is 9.63 Å². The minimum Gasteiger partial charge on any atom is -0.668 e. The van der Waals surface area contributed by atoms with Crippen LogP contribution in [0.4, 0.5) is 0 Å². The Morgan fingerprint density at radius 1 is 0.704 bits per heavy atom. The summed E-state index contributed by atoms with van der Waals surface area (Å²) in [6, 6.07) is 3.88. The van der Waals surface area contributed by atoms with Crippen molar-refractivity contribution in [2.75, 3.05) is 19.6 Å². The molecular weight excluding hydrogens is 425 g/mol. The topological polar surface area (TPSA) is 31.4 Å². The van der Waals surface area contributed by atoms with E-state index in [2.05, 4.69) is 92.6 Å². The first kappa shape index (κ1) is 32.7. The van der Waals surface area contributed by atoms with Crippen LogP contribution in [0.15, 0.2) is 0 Å². The van der Waals surface area contributed by atoms with Gasteiger partial charge in [-0.3, -0.25) is 0 Å². The summed E-state index contributed by atoms with van der Waals surface area (Å²) < 4.78 is 4.82. The third-order valence-corrected chi connectivity index (χ3v) is 15.1. The van der Waals surface area contributed by atoms with Gasteiger partial charge in [0.05, 0.1) is 0 Å². The normalized spacial score (nSPS) is 13.1. The van der Waals surface area contributed by atoms with E-state index in [0.29, 0.717) is 0 Å². The monoisotopic (exact) mass is 476 g/mol. The minimum absolute atomic E-state index is 0. The molecule has 166 valence electrons. The molecule has 0 aliphatic rings. The standard InChI is InChI=1S/C14H33N2Si.C6H18NSi2.Co/c1-8-16(9-2)13-14(6,7)15-17(10-3,11-4)12-5;1-8(2,3)7-9(4,5)6;/h8-13H2,1-7H3;1-6H3;/q2*-1;+3. The van der Waals surface area contributed by atoms with Crippen LogP contribution in [0, 0.1) is 0 Å². The van der Waals surface area contributed by atoms with Crippen molar-refractivity contribution >= 4 is 24.7 Å². The van der Waals surface area contributed by atoms with Gasteiger partial charge in [0.15, 0.2) is 0 Å². The molecule has 0 aromatic heterocycles. The maximum atomic E-state index is 5.33. The Labute approximate surface area is 186 Å². The Kier molecular flexibility index (Phi) is 17.1. The third kappa shape index (κ3) is 17.6. The van der Waals surface area contributed by atoms with Crippen LogP contribution < -0.4 is 0 Å². The second-order valence-electron chi connectivity index (χ2n) is 10.1. The van der Waals surface area contributed by atoms with Gasteiger partial charge in [-0.15, -0.1) is 5.54 Å². The first-order valence-corrected chi connectivity index (χ1v) is 20.3. The number of likely N-dealkylation sites (N-methyl/N-ethyl adjacent to an activating group) is 1. The molecule has 0 saturated carbocycles. The van der Waals surface area contributed by atoms with Crippen molar-refractivity contribution in [2.24, 2.45) is 0 Å². The van der Waals surface area contributed by atoms with Crippen LogP contribution in [0.1, 0.15) is 48.5 Å². The van der Waals surface area contributed by atoms with Gasteiger partial charge >= 0.3 is 16.8 Å². The van der Waals surface area contributed by atoms with Gasteiger partial charge in [0, 0.05) is 0 Å². The molecule has 0 aromatic rings. The summed E-state index contributed by atoms with van der Waals surface area (Å²) in [6.07, 6.45) is 0. The summed E-state index contributed by atoms with van der Waals surface area (Å²) in [5, 5.41) is 0. The molecule has 0 atom stereocenters. The van der Waals surface area contributed by atoms with E-state index >= 15 is 0 Å². The summed E-state index contributed by atoms with van der Waals surface area (Å²) in [4.78, 5) is 7.82. The van der Waals surface area contributed by atoms with E-state index in [9.17, 15) is 0 Å². The van der Waals surface area contributed by atoms with Crippen LogP contribution in [0.2, 0.25) is 57.4 Å². The molecule has 0 aromatic carbocycles. The van der Waals surface area contributed by atoms with Gasteiger partial charge in [-0.1, -0.05) is 131 Å². The van der Waals surface area contributed by atoms with Crippen LogP contribution >= 0.6 is 0 Å². The fourth-order valence-electron chi connectivity index (χ4n) is 3.67. The Balaban J connectivity index is -0.000000491. The van der Waals surface area contributed by atoms with Crippen molar-refractivity contribution in [3.63, 3.8) is 0 Å². The van der Waals surface area contributed by atoms with Gasteiger partial charge in [-0.2, -0.15) is 0 Å². The maximum Gasteiger partial charge on any atom is 3.00 e. The predicted molar refractivity (Wildman–Crippen MR) is 132 cm³/mol. The number of hydrogen-bond donors (Lipinski definition) is 0. The van der Waals surface area contributed by atoms with E-state index < -0.39 is 24.7 Å². The summed E-state index contributed by atoms with van der Waals surface area (Å²) in [5.74, 6) is 0. The van der Waals surface area contributed by atoms with Crippen molar-refractivity contribution in [3.8, 4) is 0 Å². The molecule has 0 amide bonds. The second-order valence-corrected chi connectivity index (χ2v) is 24.5. The van der Waals surface area contributed by atoms with Crippen molar-refractivity contribution in [3.05, 3.63) is 9.63 Å². The smallest absolute Gasteiger partial charge is 0.668 e. The fourth-order valence-corrected chi connectivity index (χ4v) is 15.0. The van der Waals surface area contributed by atoms with Crippen molar-refractivity contribution in [2.45, 2.75) is 111 Å². The summed E-state index contributed by atoms with van der Waals surface area (Å²) in [7, 11) is -3.56. The van der Waals surface area contributed by atoms with Crippen molar-refractivity contribution in [1.29, 1.82) is 0 Å². The molecule has 7 heteroatoms. The molecule has 0 unspecified atom stereocenters. The molecule has 0 bridgehead atoms. The summed E-state index contributed by atoms with van der Waals surface area (Å²) in [5.41, 5.74) is 0.125. The van der Waals surface area contributed by atoms with Crippen LogP contribution in [-0.4, -0.2) is 54.8 Å². The SMILES string of the molecule is CCN(CC)CC(C)(C)[N-][Si](CC)(CC)CC.C[Si](C)(C)[N-][Si](C)(C)C.[Co+3]. The third-order valence-electron chi connectivity index (χ3n) is 4.69. The summed E-state index contributed by atoms with van der Waals surface area (Å²) >= 11 is 0. The van der Waals surface area contributed by atoms with Crippen molar-refractivity contribution in [1.82, 2.24) is 4.90 Å². The minimum atomic E-state index is -1.35. The van der Waals surface area contributed by atoms with Gasteiger partial charge < -0.3 is 14.5 Å². The van der Waals surface area contributed by atoms with Crippen molar-refractivity contribution < 1.29 is 16.8 Å². The Morgan fingerprint density at radius 3 is 1.22 bits per heavy atom. The molecule has 0 aliphatic heterocycles. The number of rotatable bonds is 11. The average molecular weight is 477 g/mol. The molecule has 0 aliphatic carbocycles. The van der Waals surface area contributed by atoms with Crippen LogP contribution in [0.3, 0.4) is 0 Å². The van der Waals surface area contributed by atoms with Crippen LogP contribution in [-0.2, 0) is 16.8 Å². The van der Waals surface area contributed by atoms with Crippen LogP contribution in [0.5, 0.6) is 0 Å². The summed E-state index contributed by atoms with van der Waals surface area (Å²) in [6.45, 7) is 33.2. The van der Waals surface area contributed by atoms with Gasteiger partial charge in [0.25, 0.3) is 0 Å². The molecular formula is C20H51CoN3Si3+. The first-order chi connectivity index (χ1) is 11.6. The fraction of sp³-hybridized carbons (Fsp3) is 1.00. The zero-order valence-corrected chi connectivity index (χ0v) is 25.0. The molecule has 27 heavy (non-hydrogen) atoms. The van der Waals surface area contributed by atoms with Gasteiger partial charge in [0.1, 0.15) is 0 Å². The van der Waals surface area contributed by atoms with Gasteiger partial charge in [-0.25, -0.2) is 0 Å². The van der Waals surface area contributed by atoms with E-state index in [0.717, 1.165) is 19.6 Å². The maximum absolute atomic E-state index is 5.33. The Hall–Kier alpha value is 1.04. The van der Waals surface area contributed by atoms with E-state index in [1.807, 2.05) is 0 Å². The van der Waals surface area contributed by atoms with Gasteiger partial charge in [-0.05, 0) is 19.6 Å². The number of hydrogen-bond acceptors (Lipinski definition) is 1. The van der Waals surface area contributed by atoms with E-state index in [-0.39, 0.29) is 22.3 Å². The Morgan fingerprint density at radius 2 is 1.04 bits per heavy atom. The molecule has 3 nitrogen and oxygen atoms in total. The van der Waals surface area contributed by atoms with E-state index in [1.54, 1.807) is 0 Å². The predicted octanol–water partition coefficient (Wildman–Crippen LogP) is 7.51. The second kappa shape index (κ2) is 14.1. The number of nitrogens with zero attached hydrogens (tertiary/aromatic N) is 3.